The van der Waals surface area contributed by atoms with Crippen molar-refractivity contribution in [1.29, 1.82) is 0 Å². The van der Waals surface area contributed by atoms with E-state index in [4.69, 9.17) is 10.5 Å². The van der Waals surface area contributed by atoms with Crippen LogP contribution in [0.25, 0.3) is 0 Å². The summed E-state index contributed by atoms with van der Waals surface area (Å²) >= 11 is 0. The number of carbonyl (C=O) groups excluding carboxylic acids is 1. The fourth-order valence-corrected chi connectivity index (χ4v) is 2.34. The fraction of sp³-hybridized carbons (Fsp3) is 0.533. The normalized spacial score (nSPS) is 21.8. The van der Waals surface area contributed by atoms with Gasteiger partial charge in [0.05, 0.1) is 6.10 Å². The van der Waals surface area contributed by atoms with E-state index >= 15 is 0 Å². The number of amides is 1. The average Bonchev–Trinajstić information content (AvgIpc) is 2.95. The lowest BCUT2D eigenvalue weighted by atomic mass is 10.1. The maximum Gasteiger partial charge on any atom is 0.389 e. The van der Waals surface area contributed by atoms with Crippen molar-refractivity contribution in [3.8, 4) is 0 Å². The van der Waals surface area contributed by atoms with Gasteiger partial charge in [0.2, 0.25) is 0 Å². The summed E-state index contributed by atoms with van der Waals surface area (Å²) in [4.78, 5) is 12.0. The topological polar surface area (TPSA) is 64.4 Å². The predicted molar refractivity (Wildman–Crippen MR) is 76.4 cm³/mol. The second-order valence-electron chi connectivity index (χ2n) is 5.36. The molecule has 0 aliphatic carbocycles. The number of benzene rings is 1. The number of nitrogens with two attached hydrogens (primary N) is 1. The first kappa shape index (κ1) is 16.8. The van der Waals surface area contributed by atoms with Gasteiger partial charge in [-0.05, 0) is 37.0 Å². The van der Waals surface area contributed by atoms with E-state index in [-0.39, 0.29) is 18.4 Å². The van der Waals surface area contributed by atoms with Crippen LogP contribution in [0.4, 0.5) is 18.9 Å². The van der Waals surface area contributed by atoms with Crippen molar-refractivity contribution >= 4 is 11.6 Å². The Balaban J connectivity index is 1.84. The Labute approximate surface area is 126 Å². The van der Waals surface area contributed by atoms with E-state index in [1.165, 1.54) is 0 Å². The van der Waals surface area contributed by atoms with Crippen molar-refractivity contribution < 1.29 is 22.7 Å². The van der Waals surface area contributed by atoms with Gasteiger partial charge in [0.15, 0.2) is 0 Å². The molecule has 1 fully saturated rings. The molecule has 0 unspecified atom stereocenters. The van der Waals surface area contributed by atoms with E-state index in [1.54, 1.807) is 24.3 Å². The molecule has 3 N–H and O–H groups in total. The lowest BCUT2D eigenvalue weighted by Crippen LogP contribution is -2.29. The molecule has 2 rings (SSSR count). The summed E-state index contributed by atoms with van der Waals surface area (Å²) in [6, 6.07) is 6.36. The van der Waals surface area contributed by atoms with E-state index in [2.05, 4.69) is 5.32 Å². The zero-order valence-electron chi connectivity index (χ0n) is 12.0. The van der Waals surface area contributed by atoms with Gasteiger partial charge in [-0.25, -0.2) is 0 Å². The minimum Gasteiger partial charge on any atom is -0.364 e. The maximum atomic E-state index is 12.1. The van der Waals surface area contributed by atoms with E-state index < -0.39 is 18.7 Å². The van der Waals surface area contributed by atoms with Gasteiger partial charge in [-0.15, -0.1) is 0 Å². The number of hydrogen-bond donors (Lipinski definition) is 2. The van der Waals surface area contributed by atoms with Crippen molar-refractivity contribution in [2.75, 3.05) is 11.9 Å². The van der Waals surface area contributed by atoms with Gasteiger partial charge in [-0.1, -0.05) is 12.1 Å². The molecule has 0 spiro atoms. The molecule has 22 heavy (non-hydrogen) atoms. The largest absolute Gasteiger partial charge is 0.389 e. The Hall–Kier alpha value is -1.60. The summed E-state index contributed by atoms with van der Waals surface area (Å²) in [5, 5.41) is 2.70. The van der Waals surface area contributed by atoms with Gasteiger partial charge in [-0.3, -0.25) is 4.79 Å². The van der Waals surface area contributed by atoms with Crippen LogP contribution in [0.15, 0.2) is 24.3 Å². The van der Waals surface area contributed by atoms with Crippen LogP contribution in [0, 0.1) is 0 Å². The molecule has 7 heteroatoms. The van der Waals surface area contributed by atoms with Crippen LogP contribution in [0.1, 0.15) is 24.8 Å². The third kappa shape index (κ3) is 4.99. The molecule has 0 aromatic heterocycles. The van der Waals surface area contributed by atoms with Crippen LogP contribution in [0.5, 0.6) is 0 Å². The number of nitrogens with one attached hydrogen (secondary N) is 1. The smallest absolute Gasteiger partial charge is 0.364 e. The molecule has 1 aliphatic heterocycles. The van der Waals surface area contributed by atoms with Crippen molar-refractivity contribution in [2.24, 2.45) is 5.73 Å². The molecule has 1 heterocycles. The molecular weight excluding hydrogens is 297 g/mol. The highest BCUT2D eigenvalue weighted by Gasteiger charge is 2.30. The van der Waals surface area contributed by atoms with Gasteiger partial charge < -0.3 is 15.8 Å². The molecule has 0 saturated carbocycles. The first-order chi connectivity index (χ1) is 10.4. The Morgan fingerprint density at radius 3 is 2.50 bits per heavy atom. The fourth-order valence-electron chi connectivity index (χ4n) is 2.34. The summed E-state index contributed by atoms with van der Waals surface area (Å²) in [5.74, 6) is -0.251. The van der Waals surface area contributed by atoms with E-state index in [0.717, 1.165) is 6.42 Å². The van der Waals surface area contributed by atoms with Crippen LogP contribution in [0.2, 0.25) is 0 Å². The van der Waals surface area contributed by atoms with Crippen LogP contribution in [0.3, 0.4) is 0 Å². The Morgan fingerprint density at radius 2 is 1.95 bits per heavy atom. The zero-order valence-corrected chi connectivity index (χ0v) is 12.0. The minimum atomic E-state index is -4.16. The van der Waals surface area contributed by atoms with Crippen LogP contribution in [-0.2, 0) is 16.0 Å². The van der Waals surface area contributed by atoms with Gasteiger partial charge in [0.25, 0.3) is 5.91 Å². The van der Waals surface area contributed by atoms with E-state index in [1.807, 2.05) is 0 Å². The minimum absolute atomic E-state index is 0.0678. The van der Waals surface area contributed by atoms with Crippen molar-refractivity contribution in [3.63, 3.8) is 0 Å². The van der Waals surface area contributed by atoms with Crippen molar-refractivity contribution in [2.45, 2.75) is 44.1 Å². The first-order valence-corrected chi connectivity index (χ1v) is 7.19. The Bertz CT molecular complexity index is 503. The first-order valence-electron chi connectivity index (χ1n) is 7.19. The van der Waals surface area contributed by atoms with Crippen molar-refractivity contribution in [1.82, 2.24) is 0 Å². The summed E-state index contributed by atoms with van der Waals surface area (Å²) in [5.41, 5.74) is 6.61. The lowest BCUT2D eigenvalue weighted by molar-refractivity contribution is -0.134. The summed E-state index contributed by atoms with van der Waals surface area (Å²) < 4.78 is 41.9. The number of anilines is 1. The third-order valence-corrected chi connectivity index (χ3v) is 3.58. The molecule has 4 nitrogen and oxygen atoms in total. The highest BCUT2D eigenvalue weighted by molar-refractivity contribution is 5.94. The number of rotatable bonds is 5. The van der Waals surface area contributed by atoms with Crippen LogP contribution in [-0.4, -0.2) is 30.8 Å². The molecule has 1 aliphatic rings. The number of alkyl halides is 3. The molecular formula is C15H19F3N2O2. The second kappa shape index (κ2) is 7.11. The molecule has 1 saturated heterocycles. The molecule has 1 aromatic carbocycles. The number of hydrogen-bond acceptors (Lipinski definition) is 3. The number of aryl methyl sites for hydroxylation is 1. The average molecular weight is 316 g/mol. The summed E-state index contributed by atoms with van der Waals surface area (Å²) in [6.07, 6.45) is -4.30. The zero-order chi connectivity index (χ0) is 16.2. The van der Waals surface area contributed by atoms with Gasteiger partial charge in [0, 0.05) is 18.7 Å². The van der Waals surface area contributed by atoms with Gasteiger partial charge in [-0.2, -0.15) is 13.2 Å². The monoisotopic (exact) mass is 316 g/mol. The standard InChI is InChI=1S/C15H19F3N2O2/c16-15(17,18)8-7-10-1-3-11(4-2-10)20-14(21)13-6-5-12(9-19)22-13/h1-4,12-13H,5-9,19H2,(H,20,21)/t12-,13+/m1/s1. The second-order valence-corrected chi connectivity index (χ2v) is 5.36. The Morgan fingerprint density at radius 1 is 1.27 bits per heavy atom. The molecule has 2 atom stereocenters. The molecule has 0 bridgehead atoms. The van der Waals surface area contributed by atoms with Gasteiger partial charge >= 0.3 is 6.18 Å². The number of ether oxygens (including phenoxy) is 1. The van der Waals surface area contributed by atoms with Crippen molar-refractivity contribution in [3.05, 3.63) is 29.8 Å². The SMILES string of the molecule is NC[C@H]1CC[C@@H](C(=O)Nc2ccc(CCC(F)(F)F)cc2)O1. The summed E-state index contributed by atoms with van der Waals surface area (Å²) in [7, 11) is 0. The van der Waals surface area contributed by atoms with E-state index in [0.29, 0.717) is 24.2 Å². The highest BCUT2D eigenvalue weighted by Crippen LogP contribution is 2.23. The molecule has 1 amide bonds. The van der Waals surface area contributed by atoms with Gasteiger partial charge in [0.1, 0.15) is 6.10 Å². The molecule has 122 valence electrons. The number of carbonyl (C=O) groups is 1. The Kier molecular flexibility index (Phi) is 5.42. The summed E-state index contributed by atoms with van der Waals surface area (Å²) in [6.45, 7) is 0.387. The van der Waals surface area contributed by atoms with E-state index in [9.17, 15) is 18.0 Å². The molecule has 1 aromatic rings. The maximum absolute atomic E-state index is 12.1. The quantitative estimate of drug-likeness (QED) is 0.878. The predicted octanol–water partition coefficient (Wildman–Crippen LogP) is 2.63. The third-order valence-electron chi connectivity index (χ3n) is 3.58. The molecule has 0 radical (unpaired) electrons. The van der Waals surface area contributed by atoms with Crippen LogP contribution < -0.4 is 11.1 Å². The highest BCUT2D eigenvalue weighted by atomic mass is 19.4. The van der Waals surface area contributed by atoms with Crippen LogP contribution >= 0.6 is 0 Å². The lowest BCUT2D eigenvalue weighted by Gasteiger charge is -2.13. The number of halogens is 3.